The third-order valence-electron chi connectivity index (χ3n) is 4.50. The molecule has 4 rings (SSSR count). The minimum Gasteiger partial charge on any atom is -0.294 e. The van der Waals surface area contributed by atoms with Crippen molar-refractivity contribution in [2.75, 3.05) is 0 Å². The SMILES string of the molecule is Cc1ccc(-n2c3nc(=O)n(C)c(=O)c-3cc3ccc(C)cc32)cc1. The highest BCUT2D eigenvalue weighted by molar-refractivity contribution is 5.87. The van der Waals surface area contributed by atoms with E-state index in [0.29, 0.717) is 11.4 Å². The summed E-state index contributed by atoms with van der Waals surface area (Å²) in [5.41, 5.74) is 3.56. The van der Waals surface area contributed by atoms with Crippen LogP contribution in [0.3, 0.4) is 0 Å². The van der Waals surface area contributed by atoms with Crippen LogP contribution in [0.5, 0.6) is 0 Å². The van der Waals surface area contributed by atoms with Gasteiger partial charge in [-0.3, -0.25) is 13.9 Å². The van der Waals surface area contributed by atoms with Gasteiger partial charge in [0.05, 0.1) is 11.1 Å². The fourth-order valence-corrected chi connectivity index (χ4v) is 3.08. The van der Waals surface area contributed by atoms with Gasteiger partial charge < -0.3 is 0 Å². The minimum atomic E-state index is -0.551. The van der Waals surface area contributed by atoms with Crippen LogP contribution in [0, 0.1) is 13.8 Å². The van der Waals surface area contributed by atoms with E-state index in [9.17, 15) is 9.59 Å². The molecule has 0 saturated heterocycles. The van der Waals surface area contributed by atoms with Crippen molar-refractivity contribution in [2.24, 2.45) is 7.05 Å². The molecule has 0 saturated carbocycles. The monoisotopic (exact) mass is 331 g/mol. The number of pyridine rings is 1. The number of aromatic nitrogens is 3. The molecule has 2 aromatic carbocycles. The summed E-state index contributed by atoms with van der Waals surface area (Å²) in [7, 11) is 1.45. The molecule has 0 fully saturated rings. The first-order valence-corrected chi connectivity index (χ1v) is 8.06. The Morgan fingerprint density at radius 1 is 0.880 bits per heavy atom. The Balaban J connectivity index is 2.26. The number of nitrogens with zero attached hydrogens (tertiary/aromatic N) is 3. The van der Waals surface area contributed by atoms with Gasteiger partial charge in [0.15, 0.2) is 5.82 Å². The van der Waals surface area contributed by atoms with Gasteiger partial charge in [-0.05, 0) is 49.1 Å². The van der Waals surface area contributed by atoms with Crippen molar-refractivity contribution in [3.05, 3.63) is 80.5 Å². The lowest BCUT2D eigenvalue weighted by atomic mass is 10.1. The number of hydrogen-bond donors (Lipinski definition) is 0. The molecular formula is C20H17N3O2. The van der Waals surface area contributed by atoms with Crippen LogP contribution in [-0.2, 0) is 7.05 Å². The molecule has 0 N–H and O–H groups in total. The van der Waals surface area contributed by atoms with Crippen LogP contribution >= 0.6 is 0 Å². The Labute approximate surface area is 144 Å². The third kappa shape index (κ3) is 2.36. The Bertz CT molecular complexity index is 1200. The van der Waals surface area contributed by atoms with E-state index in [1.807, 2.05) is 66.9 Å². The second-order valence-corrected chi connectivity index (χ2v) is 6.37. The highest BCUT2D eigenvalue weighted by atomic mass is 16.2. The van der Waals surface area contributed by atoms with E-state index < -0.39 is 5.69 Å². The fourth-order valence-electron chi connectivity index (χ4n) is 3.08. The number of aryl methyl sites for hydroxylation is 2. The predicted molar refractivity (Wildman–Crippen MR) is 98.7 cm³/mol. The Kier molecular flexibility index (Phi) is 3.32. The van der Waals surface area contributed by atoms with E-state index >= 15 is 0 Å². The zero-order chi connectivity index (χ0) is 17.7. The maximum atomic E-state index is 12.6. The van der Waals surface area contributed by atoms with Crippen LogP contribution < -0.4 is 11.2 Å². The zero-order valence-corrected chi connectivity index (χ0v) is 14.3. The number of fused-ring (bicyclic) bond motifs is 2. The molecule has 0 atom stereocenters. The first-order valence-electron chi connectivity index (χ1n) is 8.06. The number of rotatable bonds is 1. The molecule has 5 heteroatoms. The molecule has 0 amide bonds. The number of benzene rings is 2. The summed E-state index contributed by atoms with van der Waals surface area (Å²) in [6.07, 6.45) is 0. The van der Waals surface area contributed by atoms with E-state index in [2.05, 4.69) is 4.98 Å². The van der Waals surface area contributed by atoms with Crippen LogP contribution in [0.4, 0.5) is 0 Å². The largest absolute Gasteiger partial charge is 0.352 e. The molecule has 25 heavy (non-hydrogen) atoms. The zero-order valence-electron chi connectivity index (χ0n) is 14.3. The van der Waals surface area contributed by atoms with Crippen molar-refractivity contribution in [2.45, 2.75) is 13.8 Å². The van der Waals surface area contributed by atoms with Gasteiger partial charge in [0, 0.05) is 12.7 Å². The molecule has 2 aromatic rings. The van der Waals surface area contributed by atoms with Gasteiger partial charge in [0.1, 0.15) is 0 Å². The second kappa shape index (κ2) is 5.41. The van der Waals surface area contributed by atoms with E-state index in [-0.39, 0.29) is 5.56 Å². The van der Waals surface area contributed by atoms with Gasteiger partial charge in [0.25, 0.3) is 5.56 Å². The summed E-state index contributed by atoms with van der Waals surface area (Å²) >= 11 is 0. The fraction of sp³-hybridized carbons (Fsp3) is 0.150. The standard InChI is InChI=1S/C20H17N3O2/c1-12-5-8-15(9-6-12)23-17-10-13(2)4-7-14(17)11-16-18(23)21-20(25)22(3)19(16)24/h4-11H,1-3H3. The molecular weight excluding hydrogens is 314 g/mol. The molecule has 0 bridgehead atoms. The summed E-state index contributed by atoms with van der Waals surface area (Å²) in [4.78, 5) is 28.9. The Hall–Kier alpha value is -3.21. The first-order chi connectivity index (χ1) is 12.0. The average Bonchev–Trinajstić information content (AvgIpc) is 2.60. The van der Waals surface area contributed by atoms with Crippen molar-refractivity contribution in [1.29, 1.82) is 0 Å². The van der Waals surface area contributed by atoms with Crippen molar-refractivity contribution >= 4 is 10.9 Å². The minimum absolute atomic E-state index is 0.335. The first kappa shape index (κ1) is 15.3. The third-order valence-corrected chi connectivity index (χ3v) is 4.50. The highest BCUT2D eigenvalue weighted by Gasteiger charge is 2.19. The van der Waals surface area contributed by atoms with Crippen molar-refractivity contribution < 1.29 is 0 Å². The predicted octanol–water partition coefficient (Wildman–Crippen LogP) is 2.81. The van der Waals surface area contributed by atoms with E-state index in [1.165, 1.54) is 7.05 Å². The summed E-state index contributed by atoms with van der Waals surface area (Å²) in [5.74, 6) is 0.384. The summed E-state index contributed by atoms with van der Waals surface area (Å²) in [6, 6.07) is 15.8. The van der Waals surface area contributed by atoms with Crippen molar-refractivity contribution in [3.8, 4) is 17.1 Å². The lowest BCUT2D eigenvalue weighted by Crippen LogP contribution is -2.35. The topological polar surface area (TPSA) is 56.9 Å². The molecule has 0 unspecified atom stereocenters. The van der Waals surface area contributed by atoms with Crippen LogP contribution in [0.25, 0.3) is 28.0 Å². The Morgan fingerprint density at radius 3 is 2.28 bits per heavy atom. The summed E-state index contributed by atoms with van der Waals surface area (Å²) in [6.45, 7) is 4.03. The molecule has 2 aliphatic rings. The van der Waals surface area contributed by atoms with E-state index in [4.69, 9.17) is 0 Å². The molecule has 2 aliphatic heterocycles. The number of hydrogen-bond acceptors (Lipinski definition) is 3. The molecule has 0 aromatic heterocycles. The molecule has 0 radical (unpaired) electrons. The van der Waals surface area contributed by atoms with Gasteiger partial charge in [-0.15, -0.1) is 0 Å². The second-order valence-electron chi connectivity index (χ2n) is 6.37. The highest BCUT2D eigenvalue weighted by Crippen LogP contribution is 2.28. The quantitative estimate of drug-likeness (QED) is 0.504. The Morgan fingerprint density at radius 2 is 1.56 bits per heavy atom. The molecule has 2 heterocycles. The van der Waals surface area contributed by atoms with E-state index in [1.54, 1.807) is 0 Å². The van der Waals surface area contributed by atoms with Gasteiger partial charge in [-0.25, -0.2) is 4.79 Å². The van der Waals surface area contributed by atoms with Crippen LogP contribution in [-0.4, -0.2) is 14.1 Å². The van der Waals surface area contributed by atoms with Gasteiger partial charge in [0.2, 0.25) is 0 Å². The molecule has 124 valence electrons. The van der Waals surface area contributed by atoms with Crippen molar-refractivity contribution in [1.82, 2.24) is 14.1 Å². The van der Waals surface area contributed by atoms with Crippen LogP contribution in [0.2, 0.25) is 0 Å². The molecule has 0 spiro atoms. The van der Waals surface area contributed by atoms with Crippen LogP contribution in [0.1, 0.15) is 11.1 Å². The maximum absolute atomic E-state index is 12.6. The average molecular weight is 331 g/mol. The maximum Gasteiger partial charge on any atom is 0.352 e. The lowest BCUT2D eigenvalue weighted by molar-refractivity contribution is 0.766. The van der Waals surface area contributed by atoms with Gasteiger partial charge in [-0.2, -0.15) is 4.98 Å². The lowest BCUT2D eigenvalue weighted by Gasteiger charge is -2.18. The van der Waals surface area contributed by atoms with Crippen LogP contribution in [0.15, 0.2) is 58.1 Å². The normalized spacial score (nSPS) is 11.3. The van der Waals surface area contributed by atoms with E-state index in [0.717, 1.165) is 32.3 Å². The van der Waals surface area contributed by atoms with Gasteiger partial charge >= 0.3 is 5.69 Å². The smallest absolute Gasteiger partial charge is 0.294 e. The molecule has 0 aliphatic carbocycles. The summed E-state index contributed by atoms with van der Waals surface area (Å²) < 4.78 is 2.93. The van der Waals surface area contributed by atoms with Crippen molar-refractivity contribution in [3.63, 3.8) is 0 Å². The summed E-state index contributed by atoms with van der Waals surface area (Å²) in [5, 5.41) is 0.927. The van der Waals surface area contributed by atoms with Gasteiger partial charge in [-0.1, -0.05) is 29.8 Å². The molecule has 5 nitrogen and oxygen atoms in total.